The third-order valence-electron chi connectivity index (χ3n) is 4.67. The Bertz CT molecular complexity index is 985. The number of thioether (sulfide) groups is 1. The van der Waals surface area contributed by atoms with Gasteiger partial charge < -0.3 is 0 Å². The number of benzene rings is 2. The Morgan fingerprint density at radius 3 is 2.45 bits per heavy atom. The van der Waals surface area contributed by atoms with Crippen molar-refractivity contribution < 1.29 is 9.72 Å². The van der Waals surface area contributed by atoms with E-state index in [1.807, 2.05) is 30.3 Å². The zero-order valence-electron chi connectivity index (χ0n) is 17.7. The number of aliphatic imine (C=N–C) groups is 1. The van der Waals surface area contributed by atoms with E-state index in [0.717, 1.165) is 31.6 Å². The number of carbonyl (C=O) groups is 1. The van der Waals surface area contributed by atoms with Crippen molar-refractivity contribution in [3.8, 4) is 0 Å². The van der Waals surface area contributed by atoms with E-state index in [4.69, 9.17) is 4.99 Å². The van der Waals surface area contributed by atoms with Gasteiger partial charge in [0.2, 0.25) is 0 Å². The van der Waals surface area contributed by atoms with E-state index < -0.39 is 4.92 Å². The molecule has 3 rings (SSSR count). The Balaban J connectivity index is 1.94. The minimum Gasteiger partial charge on any atom is -0.286 e. The highest BCUT2D eigenvalue weighted by atomic mass is 32.2. The monoisotopic (exact) mass is 438 g/mol. The van der Waals surface area contributed by atoms with Gasteiger partial charge in [-0.2, -0.15) is 0 Å². The van der Waals surface area contributed by atoms with Gasteiger partial charge in [0, 0.05) is 12.1 Å². The predicted molar refractivity (Wildman–Crippen MR) is 126 cm³/mol. The first-order valence-corrected chi connectivity index (χ1v) is 11.2. The second-order valence-electron chi connectivity index (χ2n) is 7.19. The van der Waals surface area contributed by atoms with E-state index in [0.29, 0.717) is 22.3 Å². The number of amidine groups is 1. The molecule has 7 nitrogen and oxygen atoms in total. The highest BCUT2D eigenvalue weighted by Gasteiger charge is 2.34. The molecule has 0 atom stereocenters. The van der Waals surface area contributed by atoms with Gasteiger partial charge in [-0.1, -0.05) is 44.2 Å². The number of nitrogens with zero attached hydrogens (tertiary/aromatic N) is 4. The molecule has 1 fully saturated rings. The molecule has 1 aliphatic rings. The van der Waals surface area contributed by atoms with Crippen molar-refractivity contribution in [2.24, 2.45) is 4.99 Å². The third-order valence-corrected chi connectivity index (χ3v) is 5.68. The Morgan fingerprint density at radius 1 is 1.10 bits per heavy atom. The van der Waals surface area contributed by atoms with Crippen molar-refractivity contribution in [3.63, 3.8) is 0 Å². The second-order valence-corrected chi connectivity index (χ2v) is 8.19. The molecule has 0 saturated carbocycles. The van der Waals surface area contributed by atoms with Crippen LogP contribution in [-0.4, -0.2) is 45.6 Å². The molecular weight excluding hydrogens is 412 g/mol. The van der Waals surface area contributed by atoms with Crippen LogP contribution in [0, 0.1) is 10.1 Å². The molecule has 0 bridgehead atoms. The van der Waals surface area contributed by atoms with Gasteiger partial charge in [0.1, 0.15) is 0 Å². The molecule has 162 valence electrons. The van der Waals surface area contributed by atoms with Gasteiger partial charge in [-0.05, 0) is 61.5 Å². The van der Waals surface area contributed by atoms with Crippen molar-refractivity contribution in [1.29, 1.82) is 0 Å². The molecule has 2 aromatic carbocycles. The van der Waals surface area contributed by atoms with Crippen LogP contribution in [0.25, 0.3) is 6.08 Å². The molecule has 1 amide bonds. The van der Waals surface area contributed by atoms with Crippen LogP contribution in [0.3, 0.4) is 0 Å². The fourth-order valence-corrected chi connectivity index (χ4v) is 4.29. The maximum absolute atomic E-state index is 13.3. The largest absolute Gasteiger partial charge is 0.286 e. The molecule has 8 heteroatoms. The minimum atomic E-state index is -0.437. The zero-order chi connectivity index (χ0) is 22.2. The summed E-state index contributed by atoms with van der Waals surface area (Å²) in [6, 6.07) is 15.8. The second kappa shape index (κ2) is 10.9. The zero-order valence-corrected chi connectivity index (χ0v) is 18.5. The van der Waals surface area contributed by atoms with E-state index >= 15 is 0 Å². The fourth-order valence-electron chi connectivity index (χ4n) is 3.29. The van der Waals surface area contributed by atoms with Gasteiger partial charge in [0.15, 0.2) is 5.17 Å². The fraction of sp³-hybridized carbons (Fsp3) is 0.304. The first kappa shape index (κ1) is 22.7. The van der Waals surface area contributed by atoms with E-state index in [1.165, 1.54) is 23.9 Å². The Labute approximate surface area is 186 Å². The number of non-ortho nitro benzene ring substituents is 1. The topological polar surface area (TPSA) is 79.0 Å². The number of hydrogen-bond donors (Lipinski definition) is 0. The van der Waals surface area contributed by atoms with Crippen LogP contribution in [-0.2, 0) is 4.79 Å². The molecule has 0 N–H and O–H groups in total. The predicted octanol–water partition coefficient (Wildman–Crippen LogP) is 5.28. The SMILES string of the molecule is CCCN(CCC)CN1C(=O)/C(=C\c2cccc([N+](=O)[O-])c2)SC1=Nc1ccccc1. The molecule has 1 heterocycles. The van der Waals surface area contributed by atoms with Crippen LogP contribution in [0.2, 0.25) is 0 Å². The summed E-state index contributed by atoms with van der Waals surface area (Å²) >= 11 is 1.30. The summed E-state index contributed by atoms with van der Waals surface area (Å²) in [4.78, 5) is 33.1. The lowest BCUT2D eigenvalue weighted by Crippen LogP contribution is -2.41. The number of amides is 1. The smallest absolute Gasteiger partial charge is 0.270 e. The quantitative estimate of drug-likeness (QED) is 0.302. The van der Waals surface area contributed by atoms with Crippen LogP contribution >= 0.6 is 11.8 Å². The molecule has 0 spiro atoms. The Kier molecular flexibility index (Phi) is 7.97. The summed E-state index contributed by atoms with van der Waals surface area (Å²) < 4.78 is 0. The summed E-state index contributed by atoms with van der Waals surface area (Å²) in [6.07, 6.45) is 3.69. The molecule has 2 aromatic rings. The molecular formula is C23H26N4O3S. The van der Waals surface area contributed by atoms with Crippen molar-refractivity contribution in [3.05, 3.63) is 75.2 Å². The van der Waals surface area contributed by atoms with Crippen molar-refractivity contribution in [1.82, 2.24) is 9.80 Å². The average Bonchev–Trinajstić information content (AvgIpc) is 3.04. The summed E-state index contributed by atoms with van der Waals surface area (Å²) in [5.41, 5.74) is 1.39. The van der Waals surface area contributed by atoms with Gasteiger partial charge in [0.25, 0.3) is 11.6 Å². The molecule has 0 radical (unpaired) electrons. The van der Waals surface area contributed by atoms with Crippen molar-refractivity contribution in [2.45, 2.75) is 26.7 Å². The number of para-hydroxylation sites is 1. The highest BCUT2D eigenvalue weighted by Crippen LogP contribution is 2.34. The number of rotatable bonds is 9. The number of carbonyl (C=O) groups excluding carboxylic acids is 1. The first-order chi connectivity index (χ1) is 15.0. The highest BCUT2D eigenvalue weighted by molar-refractivity contribution is 8.18. The van der Waals surface area contributed by atoms with Crippen LogP contribution in [0.1, 0.15) is 32.3 Å². The van der Waals surface area contributed by atoms with Gasteiger partial charge in [-0.15, -0.1) is 0 Å². The molecule has 1 aliphatic heterocycles. The number of nitro groups is 1. The Hall–Kier alpha value is -2.97. The average molecular weight is 439 g/mol. The molecule has 0 aliphatic carbocycles. The lowest BCUT2D eigenvalue weighted by Gasteiger charge is -2.26. The third kappa shape index (κ3) is 6.02. The van der Waals surface area contributed by atoms with Gasteiger partial charge in [0.05, 0.1) is 22.2 Å². The maximum atomic E-state index is 13.3. The number of hydrogen-bond acceptors (Lipinski definition) is 6. The summed E-state index contributed by atoms with van der Waals surface area (Å²) in [6.45, 7) is 6.49. The van der Waals surface area contributed by atoms with E-state index in [9.17, 15) is 14.9 Å². The lowest BCUT2D eigenvalue weighted by molar-refractivity contribution is -0.384. The molecule has 31 heavy (non-hydrogen) atoms. The van der Waals surface area contributed by atoms with Crippen LogP contribution in [0.5, 0.6) is 0 Å². The lowest BCUT2D eigenvalue weighted by atomic mass is 10.2. The van der Waals surface area contributed by atoms with Gasteiger partial charge in [-0.25, -0.2) is 4.99 Å². The summed E-state index contributed by atoms with van der Waals surface area (Å²) in [5, 5.41) is 11.7. The van der Waals surface area contributed by atoms with Crippen LogP contribution in [0.4, 0.5) is 11.4 Å². The van der Waals surface area contributed by atoms with Crippen molar-refractivity contribution in [2.75, 3.05) is 19.8 Å². The first-order valence-electron chi connectivity index (χ1n) is 10.3. The normalized spacial score (nSPS) is 16.6. The number of nitro benzene ring substituents is 1. The van der Waals surface area contributed by atoms with Gasteiger partial charge in [-0.3, -0.25) is 24.7 Å². The summed E-state index contributed by atoms with van der Waals surface area (Å²) in [7, 11) is 0. The minimum absolute atomic E-state index is 0.00288. The van der Waals surface area contributed by atoms with Gasteiger partial charge >= 0.3 is 0 Å². The molecule has 0 unspecified atom stereocenters. The molecule has 0 aromatic heterocycles. The van der Waals surface area contributed by atoms with E-state index in [-0.39, 0.29) is 11.6 Å². The summed E-state index contributed by atoms with van der Waals surface area (Å²) in [5.74, 6) is -0.136. The van der Waals surface area contributed by atoms with Crippen LogP contribution < -0.4 is 0 Å². The van der Waals surface area contributed by atoms with Crippen LogP contribution in [0.15, 0.2) is 64.5 Å². The maximum Gasteiger partial charge on any atom is 0.270 e. The van der Waals surface area contributed by atoms with Crippen molar-refractivity contribution >= 4 is 40.3 Å². The standard InChI is InChI=1S/C23H26N4O3S/c1-3-13-25(14-4-2)17-26-22(28)21(16-18-9-8-12-20(15-18)27(29)30)31-23(26)24-19-10-6-5-7-11-19/h5-12,15-16H,3-4,13-14,17H2,1-2H3/b21-16+,24-23?. The van der Waals surface area contributed by atoms with E-state index in [2.05, 4.69) is 18.7 Å². The Morgan fingerprint density at radius 2 is 1.81 bits per heavy atom. The molecule has 1 saturated heterocycles. The van der Waals surface area contributed by atoms with E-state index in [1.54, 1.807) is 23.1 Å².